The third-order valence-corrected chi connectivity index (χ3v) is 5.13. The van der Waals surface area contributed by atoms with Crippen LogP contribution in [0, 0.1) is 12.8 Å². The fourth-order valence-electron chi connectivity index (χ4n) is 2.97. The van der Waals surface area contributed by atoms with E-state index in [-0.39, 0.29) is 5.91 Å². The molecule has 1 heterocycles. The average molecular weight is 314 g/mol. The maximum absolute atomic E-state index is 12.0. The highest BCUT2D eigenvalue weighted by Gasteiger charge is 2.18. The number of aryl methyl sites for hydroxylation is 1. The van der Waals surface area contributed by atoms with Crippen LogP contribution in [0.15, 0.2) is 29.6 Å². The summed E-state index contributed by atoms with van der Waals surface area (Å²) in [6, 6.07) is 8.37. The number of carbonyl (C=O) groups is 1. The number of carbonyl (C=O) groups excluding carboxylic acids is 1. The Labute approximate surface area is 135 Å². The normalized spacial score (nSPS) is 15.1. The molecule has 0 saturated heterocycles. The summed E-state index contributed by atoms with van der Waals surface area (Å²) in [5, 5.41) is 6.04. The molecule has 1 aliphatic rings. The van der Waals surface area contributed by atoms with Crippen molar-refractivity contribution in [3.63, 3.8) is 0 Å². The van der Waals surface area contributed by atoms with E-state index in [0.29, 0.717) is 18.9 Å². The lowest BCUT2D eigenvalue weighted by atomic mass is 10.0. The molecule has 2 aromatic rings. The second-order valence-corrected chi connectivity index (χ2v) is 7.07. The van der Waals surface area contributed by atoms with Crippen molar-refractivity contribution >= 4 is 17.2 Å². The van der Waals surface area contributed by atoms with Crippen molar-refractivity contribution in [1.82, 2.24) is 10.3 Å². The molecule has 1 aromatic heterocycles. The van der Waals surface area contributed by atoms with Gasteiger partial charge < -0.3 is 5.32 Å². The fourth-order valence-corrected chi connectivity index (χ4v) is 3.72. The first-order valence-electron chi connectivity index (χ1n) is 7.99. The third kappa shape index (κ3) is 3.95. The van der Waals surface area contributed by atoms with Crippen LogP contribution in [-0.2, 0) is 11.3 Å². The highest BCUT2D eigenvalue weighted by molar-refractivity contribution is 7.09. The van der Waals surface area contributed by atoms with Crippen molar-refractivity contribution in [3.8, 4) is 11.3 Å². The second kappa shape index (κ2) is 7.05. The van der Waals surface area contributed by atoms with Crippen molar-refractivity contribution in [1.29, 1.82) is 0 Å². The maximum atomic E-state index is 12.0. The molecule has 1 aromatic carbocycles. The van der Waals surface area contributed by atoms with E-state index in [4.69, 9.17) is 0 Å². The van der Waals surface area contributed by atoms with Crippen molar-refractivity contribution in [3.05, 3.63) is 40.2 Å². The van der Waals surface area contributed by atoms with Crippen LogP contribution in [0.5, 0.6) is 0 Å². The van der Waals surface area contributed by atoms with E-state index in [1.54, 1.807) is 11.3 Å². The Morgan fingerprint density at radius 1 is 1.27 bits per heavy atom. The molecular formula is C18H22N2OS. The lowest BCUT2D eigenvalue weighted by Gasteiger charge is -2.08. The number of thiazole rings is 1. The van der Waals surface area contributed by atoms with Crippen LogP contribution in [0.1, 0.15) is 42.7 Å². The Balaban J connectivity index is 1.53. The molecule has 116 valence electrons. The number of hydrogen-bond acceptors (Lipinski definition) is 3. The molecule has 1 saturated carbocycles. The van der Waals surface area contributed by atoms with Crippen LogP contribution >= 0.6 is 11.3 Å². The topological polar surface area (TPSA) is 42.0 Å². The van der Waals surface area contributed by atoms with E-state index in [9.17, 15) is 4.79 Å². The summed E-state index contributed by atoms with van der Waals surface area (Å²) in [6.45, 7) is 2.62. The summed E-state index contributed by atoms with van der Waals surface area (Å²) in [5.74, 6) is 0.762. The van der Waals surface area contributed by atoms with Gasteiger partial charge in [-0.1, -0.05) is 42.7 Å². The Morgan fingerprint density at radius 2 is 2.00 bits per heavy atom. The number of aromatic nitrogens is 1. The van der Waals surface area contributed by atoms with Crippen LogP contribution in [0.3, 0.4) is 0 Å². The molecule has 1 aliphatic carbocycles. The summed E-state index contributed by atoms with van der Waals surface area (Å²) in [6.07, 6.45) is 5.66. The van der Waals surface area contributed by atoms with E-state index in [1.165, 1.54) is 31.2 Å². The Kier molecular flexibility index (Phi) is 4.88. The highest BCUT2D eigenvalue weighted by atomic mass is 32.1. The monoisotopic (exact) mass is 314 g/mol. The second-order valence-electron chi connectivity index (χ2n) is 6.12. The van der Waals surface area contributed by atoms with Crippen LogP contribution in [0.4, 0.5) is 0 Å². The molecule has 1 amide bonds. The van der Waals surface area contributed by atoms with E-state index < -0.39 is 0 Å². The number of nitrogens with one attached hydrogen (secondary N) is 1. The van der Waals surface area contributed by atoms with Crippen LogP contribution in [0.25, 0.3) is 11.3 Å². The maximum Gasteiger partial charge on any atom is 0.220 e. The van der Waals surface area contributed by atoms with Gasteiger partial charge in [0.25, 0.3) is 0 Å². The standard InChI is InChI=1S/C18H22N2OS/c1-13-6-8-15(9-7-13)16-12-22-18(20-16)11-19-17(21)10-14-4-2-3-5-14/h6-9,12,14H,2-5,10-11H2,1H3,(H,19,21). The molecule has 3 nitrogen and oxygen atoms in total. The number of nitrogens with zero attached hydrogens (tertiary/aromatic N) is 1. The van der Waals surface area contributed by atoms with Gasteiger partial charge in [0.05, 0.1) is 12.2 Å². The van der Waals surface area contributed by atoms with Crippen LogP contribution in [-0.4, -0.2) is 10.9 Å². The molecule has 22 heavy (non-hydrogen) atoms. The van der Waals surface area contributed by atoms with Crippen LogP contribution in [0.2, 0.25) is 0 Å². The summed E-state index contributed by atoms with van der Waals surface area (Å²) in [5.41, 5.74) is 3.37. The first kappa shape index (κ1) is 15.2. The van der Waals surface area contributed by atoms with Crippen molar-refractivity contribution in [2.45, 2.75) is 45.6 Å². The van der Waals surface area contributed by atoms with Gasteiger partial charge in [-0.25, -0.2) is 4.98 Å². The summed E-state index contributed by atoms with van der Waals surface area (Å²) >= 11 is 1.61. The van der Waals surface area contributed by atoms with Gasteiger partial charge in [0.1, 0.15) is 5.01 Å². The number of hydrogen-bond donors (Lipinski definition) is 1. The molecule has 0 radical (unpaired) electrons. The van der Waals surface area contributed by atoms with Gasteiger partial charge in [-0.3, -0.25) is 4.79 Å². The number of benzene rings is 1. The fraction of sp³-hybridized carbons (Fsp3) is 0.444. The minimum atomic E-state index is 0.166. The molecule has 0 aliphatic heterocycles. The van der Waals surface area contributed by atoms with Gasteiger partial charge in [0, 0.05) is 17.4 Å². The third-order valence-electron chi connectivity index (χ3n) is 4.28. The summed E-state index contributed by atoms with van der Waals surface area (Å²) in [4.78, 5) is 16.6. The molecule has 0 spiro atoms. The van der Waals surface area contributed by atoms with Gasteiger partial charge in [0.2, 0.25) is 5.91 Å². The average Bonchev–Trinajstić information content (AvgIpc) is 3.17. The summed E-state index contributed by atoms with van der Waals surface area (Å²) < 4.78 is 0. The largest absolute Gasteiger partial charge is 0.350 e. The Bertz CT molecular complexity index is 627. The van der Waals surface area contributed by atoms with Crippen molar-refractivity contribution < 1.29 is 4.79 Å². The van der Waals surface area contributed by atoms with Gasteiger partial charge in [0.15, 0.2) is 0 Å². The molecule has 0 bridgehead atoms. The highest BCUT2D eigenvalue weighted by Crippen LogP contribution is 2.27. The van der Waals surface area contributed by atoms with Crippen molar-refractivity contribution in [2.75, 3.05) is 0 Å². The lowest BCUT2D eigenvalue weighted by Crippen LogP contribution is -2.24. The quantitative estimate of drug-likeness (QED) is 0.893. The zero-order chi connectivity index (χ0) is 15.4. The molecule has 3 rings (SSSR count). The van der Waals surface area contributed by atoms with E-state index in [0.717, 1.165) is 16.3 Å². The molecule has 1 fully saturated rings. The van der Waals surface area contributed by atoms with Crippen molar-refractivity contribution in [2.24, 2.45) is 5.92 Å². The van der Waals surface area contributed by atoms with Gasteiger partial charge in [-0.05, 0) is 25.7 Å². The summed E-state index contributed by atoms with van der Waals surface area (Å²) in [7, 11) is 0. The van der Waals surface area contributed by atoms with Gasteiger partial charge >= 0.3 is 0 Å². The zero-order valence-corrected chi connectivity index (χ0v) is 13.8. The zero-order valence-electron chi connectivity index (χ0n) is 13.0. The molecule has 0 atom stereocenters. The first-order chi connectivity index (χ1) is 10.7. The molecule has 4 heteroatoms. The van der Waals surface area contributed by atoms with Crippen LogP contribution < -0.4 is 5.32 Å². The smallest absolute Gasteiger partial charge is 0.220 e. The minimum Gasteiger partial charge on any atom is -0.350 e. The Morgan fingerprint density at radius 3 is 2.73 bits per heavy atom. The SMILES string of the molecule is Cc1ccc(-c2csc(CNC(=O)CC3CCCC3)n2)cc1. The van der Waals surface area contributed by atoms with Gasteiger partial charge in [-0.15, -0.1) is 11.3 Å². The first-order valence-corrected chi connectivity index (χ1v) is 8.87. The van der Waals surface area contributed by atoms with E-state index in [2.05, 4.69) is 46.9 Å². The van der Waals surface area contributed by atoms with E-state index >= 15 is 0 Å². The lowest BCUT2D eigenvalue weighted by molar-refractivity contribution is -0.122. The molecule has 1 N–H and O–H groups in total. The van der Waals surface area contributed by atoms with Gasteiger partial charge in [-0.2, -0.15) is 0 Å². The van der Waals surface area contributed by atoms with E-state index in [1.807, 2.05) is 0 Å². The Hall–Kier alpha value is -1.68. The predicted octanol–water partition coefficient (Wildman–Crippen LogP) is 4.32. The number of rotatable bonds is 5. The minimum absolute atomic E-state index is 0.166. The number of amides is 1. The molecular weight excluding hydrogens is 292 g/mol. The predicted molar refractivity (Wildman–Crippen MR) is 90.7 cm³/mol. The molecule has 0 unspecified atom stereocenters.